The van der Waals surface area contributed by atoms with Gasteiger partial charge in [0.2, 0.25) is 0 Å². The highest BCUT2D eigenvalue weighted by atomic mass is 16.2. The van der Waals surface area contributed by atoms with Crippen molar-refractivity contribution < 1.29 is 4.79 Å². The molecule has 1 amide bonds. The lowest BCUT2D eigenvalue weighted by molar-refractivity contribution is 0.0787. The number of hydrogen-bond donors (Lipinski definition) is 0. The van der Waals surface area contributed by atoms with Crippen LogP contribution in [-0.4, -0.2) is 35.9 Å². The third-order valence-corrected chi connectivity index (χ3v) is 3.89. The third-order valence-electron chi connectivity index (χ3n) is 3.89. The van der Waals surface area contributed by atoms with Crippen molar-refractivity contribution in [3.05, 3.63) is 54.4 Å². The highest BCUT2D eigenvalue weighted by molar-refractivity contribution is 5.92. The van der Waals surface area contributed by atoms with Gasteiger partial charge in [0, 0.05) is 25.8 Å². The Bertz CT molecular complexity index is 604. The van der Waals surface area contributed by atoms with Crippen LogP contribution in [0.1, 0.15) is 23.3 Å². The van der Waals surface area contributed by atoms with E-state index in [9.17, 15) is 4.79 Å². The lowest BCUT2D eigenvalue weighted by Crippen LogP contribution is -2.28. The van der Waals surface area contributed by atoms with Gasteiger partial charge in [-0.2, -0.15) is 0 Å². The van der Waals surface area contributed by atoms with Crippen molar-refractivity contribution in [1.82, 2.24) is 9.88 Å². The molecular weight excluding hydrogens is 262 g/mol. The number of carbonyl (C=O) groups is 1. The molecule has 2 heterocycles. The van der Waals surface area contributed by atoms with Crippen LogP contribution in [0, 0.1) is 0 Å². The first-order valence-electron chi connectivity index (χ1n) is 7.30. The average Bonchev–Trinajstić information content (AvgIpc) is 3.09. The first kappa shape index (κ1) is 13.6. The lowest BCUT2D eigenvalue weighted by Gasteiger charge is -2.20. The second-order valence-electron chi connectivity index (χ2n) is 5.30. The molecule has 1 aliphatic rings. The van der Waals surface area contributed by atoms with Gasteiger partial charge in [0.25, 0.3) is 5.91 Å². The Morgan fingerprint density at radius 1 is 1.05 bits per heavy atom. The summed E-state index contributed by atoms with van der Waals surface area (Å²) in [6.45, 7) is 1.71. The Balaban J connectivity index is 1.76. The van der Waals surface area contributed by atoms with E-state index in [0.29, 0.717) is 5.69 Å². The van der Waals surface area contributed by atoms with Gasteiger partial charge >= 0.3 is 0 Å². The van der Waals surface area contributed by atoms with Crippen LogP contribution in [0.3, 0.4) is 0 Å². The molecule has 3 rings (SSSR count). The number of carbonyl (C=O) groups excluding carboxylic acids is 1. The van der Waals surface area contributed by atoms with E-state index < -0.39 is 0 Å². The second-order valence-corrected chi connectivity index (χ2v) is 5.30. The molecule has 0 bridgehead atoms. The molecule has 1 aromatic heterocycles. The standard InChI is InChI=1S/C17H19N3O/c1-19(14-7-3-2-4-8-14)15-9-10-16(18-13-15)17(21)20-11-5-6-12-20/h2-4,7-10,13H,5-6,11-12H2,1H3. The number of likely N-dealkylation sites (tertiary alicyclic amines) is 1. The van der Waals surface area contributed by atoms with Crippen molar-refractivity contribution in [2.75, 3.05) is 25.0 Å². The fourth-order valence-corrected chi connectivity index (χ4v) is 2.59. The number of benzene rings is 1. The molecule has 4 nitrogen and oxygen atoms in total. The number of rotatable bonds is 3. The van der Waals surface area contributed by atoms with E-state index in [1.165, 1.54) is 0 Å². The number of pyridine rings is 1. The molecule has 0 N–H and O–H groups in total. The fourth-order valence-electron chi connectivity index (χ4n) is 2.59. The van der Waals surface area contributed by atoms with Crippen LogP contribution < -0.4 is 4.90 Å². The average molecular weight is 281 g/mol. The summed E-state index contributed by atoms with van der Waals surface area (Å²) >= 11 is 0. The summed E-state index contributed by atoms with van der Waals surface area (Å²) in [5.74, 6) is 0.0430. The molecule has 4 heteroatoms. The Hall–Kier alpha value is -2.36. The van der Waals surface area contributed by atoms with Crippen LogP contribution in [-0.2, 0) is 0 Å². The van der Waals surface area contributed by atoms with Gasteiger partial charge in [0.05, 0.1) is 11.9 Å². The molecule has 0 atom stereocenters. The second kappa shape index (κ2) is 5.95. The van der Waals surface area contributed by atoms with Crippen LogP contribution in [0.25, 0.3) is 0 Å². The molecule has 1 fully saturated rings. The van der Waals surface area contributed by atoms with E-state index in [4.69, 9.17) is 0 Å². The molecule has 2 aromatic rings. The first-order chi connectivity index (χ1) is 10.3. The predicted octanol–water partition coefficient (Wildman–Crippen LogP) is 3.09. The highest BCUT2D eigenvalue weighted by Crippen LogP contribution is 2.22. The van der Waals surface area contributed by atoms with E-state index in [-0.39, 0.29) is 5.91 Å². The minimum atomic E-state index is 0.0430. The summed E-state index contributed by atoms with van der Waals surface area (Å²) in [6, 6.07) is 13.9. The van der Waals surface area contributed by atoms with E-state index in [2.05, 4.69) is 9.88 Å². The summed E-state index contributed by atoms with van der Waals surface area (Å²) in [6.07, 6.45) is 3.96. The monoisotopic (exact) mass is 281 g/mol. The van der Waals surface area contributed by atoms with Gasteiger partial charge in [0.15, 0.2) is 0 Å². The van der Waals surface area contributed by atoms with Gasteiger partial charge in [-0.1, -0.05) is 18.2 Å². The SMILES string of the molecule is CN(c1ccccc1)c1ccc(C(=O)N2CCCC2)nc1. The van der Waals surface area contributed by atoms with Crippen LogP contribution in [0.5, 0.6) is 0 Å². The minimum absolute atomic E-state index is 0.0430. The molecule has 1 saturated heterocycles. The number of amides is 1. The number of nitrogens with zero attached hydrogens (tertiary/aromatic N) is 3. The Labute approximate surface area is 125 Å². The lowest BCUT2D eigenvalue weighted by atomic mass is 10.2. The maximum Gasteiger partial charge on any atom is 0.272 e. The summed E-state index contributed by atoms with van der Waals surface area (Å²) in [5.41, 5.74) is 2.60. The van der Waals surface area contributed by atoms with E-state index in [1.54, 1.807) is 6.20 Å². The van der Waals surface area contributed by atoms with Crippen LogP contribution >= 0.6 is 0 Å². The van der Waals surface area contributed by atoms with E-state index >= 15 is 0 Å². The number of hydrogen-bond acceptors (Lipinski definition) is 3. The number of anilines is 2. The summed E-state index contributed by atoms with van der Waals surface area (Å²) in [7, 11) is 1.99. The zero-order chi connectivity index (χ0) is 14.7. The Kier molecular flexibility index (Phi) is 3.86. The van der Waals surface area contributed by atoms with Crippen molar-refractivity contribution in [3.63, 3.8) is 0 Å². The van der Waals surface area contributed by atoms with Crippen LogP contribution in [0.15, 0.2) is 48.7 Å². The van der Waals surface area contributed by atoms with Gasteiger partial charge in [-0.05, 0) is 37.1 Å². The zero-order valence-corrected chi connectivity index (χ0v) is 12.2. The van der Waals surface area contributed by atoms with Gasteiger partial charge in [-0.3, -0.25) is 4.79 Å². The molecule has 21 heavy (non-hydrogen) atoms. The molecule has 0 saturated carbocycles. The van der Waals surface area contributed by atoms with Crippen LogP contribution in [0.2, 0.25) is 0 Å². The smallest absolute Gasteiger partial charge is 0.272 e. The summed E-state index contributed by atoms with van der Waals surface area (Å²) < 4.78 is 0. The topological polar surface area (TPSA) is 36.4 Å². The maximum absolute atomic E-state index is 12.2. The normalized spacial score (nSPS) is 14.2. The highest BCUT2D eigenvalue weighted by Gasteiger charge is 2.20. The van der Waals surface area contributed by atoms with E-state index in [0.717, 1.165) is 37.3 Å². The maximum atomic E-state index is 12.2. The van der Waals surface area contributed by atoms with Crippen molar-refractivity contribution in [2.24, 2.45) is 0 Å². The molecule has 0 radical (unpaired) electrons. The van der Waals surface area contributed by atoms with Crippen molar-refractivity contribution >= 4 is 17.3 Å². The predicted molar refractivity (Wildman–Crippen MR) is 83.9 cm³/mol. The largest absolute Gasteiger partial charge is 0.343 e. The third kappa shape index (κ3) is 2.89. The molecule has 1 aliphatic heterocycles. The number of aromatic nitrogens is 1. The Morgan fingerprint density at radius 2 is 1.76 bits per heavy atom. The van der Waals surface area contributed by atoms with E-state index in [1.807, 2.05) is 54.4 Å². The van der Waals surface area contributed by atoms with Crippen LogP contribution in [0.4, 0.5) is 11.4 Å². The molecule has 108 valence electrons. The first-order valence-corrected chi connectivity index (χ1v) is 7.30. The fraction of sp³-hybridized carbons (Fsp3) is 0.294. The summed E-state index contributed by atoms with van der Waals surface area (Å²) in [5, 5.41) is 0. The molecule has 0 unspecified atom stereocenters. The number of para-hydroxylation sites is 1. The quantitative estimate of drug-likeness (QED) is 0.867. The molecular formula is C17H19N3O. The Morgan fingerprint density at radius 3 is 2.38 bits per heavy atom. The van der Waals surface area contributed by atoms with Gasteiger partial charge in [0.1, 0.15) is 5.69 Å². The van der Waals surface area contributed by atoms with Gasteiger partial charge in [-0.15, -0.1) is 0 Å². The molecule has 0 spiro atoms. The van der Waals surface area contributed by atoms with Crippen molar-refractivity contribution in [1.29, 1.82) is 0 Å². The van der Waals surface area contributed by atoms with Gasteiger partial charge in [-0.25, -0.2) is 4.98 Å². The molecule has 0 aliphatic carbocycles. The molecule has 1 aromatic carbocycles. The van der Waals surface area contributed by atoms with Gasteiger partial charge < -0.3 is 9.80 Å². The summed E-state index contributed by atoms with van der Waals surface area (Å²) in [4.78, 5) is 20.5. The minimum Gasteiger partial charge on any atom is -0.343 e. The zero-order valence-electron chi connectivity index (χ0n) is 12.2. The van der Waals surface area contributed by atoms with Crippen molar-refractivity contribution in [2.45, 2.75) is 12.8 Å². The van der Waals surface area contributed by atoms with Crippen molar-refractivity contribution in [3.8, 4) is 0 Å².